The van der Waals surface area contributed by atoms with Crippen LogP contribution >= 0.6 is 0 Å². The monoisotopic (exact) mass is 269 g/mol. The van der Waals surface area contributed by atoms with Crippen molar-refractivity contribution in [2.45, 2.75) is 13.0 Å². The molecule has 0 fully saturated rings. The van der Waals surface area contributed by atoms with Crippen LogP contribution in [-0.4, -0.2) is 36.5 Å². The quantitative estimate of drug-likeness (QED) is 0.436. The van der Waals surface area contributed by atoms with Gasteiger partial charge in [0.05, 0.1) is 10.1 Å². The van der Waals surface area contributed by atoms with Crippen LogP contribution in [0.4, 0.5) is 0 Å². The van der Waals surface area contributed by atoms with Crippen molar-refractivity contribution in [3.63, 3.8) is 0 Å². The molecular formula is C9H12NNaO5S. The summed E-state index contributed by atoms with van der Waals surface area (Å²) in [4.78, 5) is 0. The molecule has 0 N–H and O–H groups in total. The number of ether oxygens (including phenoxy) is 2. The second kappa shape index (κ2) is 6.10. The molecule has 2 rings (SSSR count). The normalized spacial score (nSPS) is 14.2. The molecule has 1 aromatic rings. The third kappa shape index (κ3) is 4.51. The molecule has 0 bridgehead atoms. The third-order valence-corrected chi connectivity index (χ3v) is 3.01. The van der Waals surface area contributed by atoms with E-state index >= 15 is 0 Å². The molecule has 1 aliphatic heterocycles. The minimum atomic E-state index is -4.12. The van der Waals surface area contributed by atoms with E-state index in [1.54, 1.807) is 17.0 Å². The van der Waals surface area contributed by atoms with Gasteiger partial charge in [0.25, 0.3) is 0 Å². The van der Waals surface area contributed by atoms with Crippen LogP contribution in [0, 0.1) is 0 Å². The molecule has 6 nitrogen and oxygen atoms in total. The Balaban J connectivity index is 0.00000144. The average molecular weight is 269 g/mol. The molecule has 90 valence electrons. The number of fused-ring (bicyclic) bond motifs is 1. The van der Waals surface area contributed by atoms with Gasteiger partial charge in [-0.15, -0.1) is 0 Å². The molecule has 0 aliphatic carbocycles. The molecule has 0 spiro atoms. The minimum Gasteiger partial charge on any atom is -0.748 e. The second-order valence-corrected chi connectivity index (χ2v) is 5.06. The Morgan fingerprint density at radius 2 is 1.76 bits per heavy atom. The third-order valence-electron chi connectivity index (χ3n) is 2.22. The van der Waals surface area contributed by atoms with E-state index in [1.165, 1.54) is 0 Å². The largest absolute Gasteiger partial charge is 1.00 e. The molecule has 0 saturated heterocycles. The number of aromatic nitrogens is 1. The van der Waals surface area contributed by atoms with Crippen LogP contribution in [0.25, 0.3) is 0 Å². The standard InChI is InChI=1S/C9H13NO5S.Na/c11-16(12,13)5-1-2-10-6-8-9(7-10)15-4-3-14-8;/h6-7H,1-5H2,(H,11,12,13);/q;+1/p-1. The van der Waals surface area contributed by atoms with E-state index in [1.807, 2.05) is 0 Å². The zero-order chi connectivity index (χ0) is 11.6. The van der Waals surface area contributed by atoms with Gasteiger partial charge < -0.3 is 18.6 Å². The Morgan fingerprint density at radius 1 is 1.24 bits per heavy atom. The average Bonchev–Trinajstić information content (AvgIpc) is 2.57. The summed E-state index contributed by atoms with van der Waals surface area (Å²) in [6.07, 6.45) is 3.78. The van der Waals surface area contributed by atoms with Gasteiger partial charge in [0.15, 0.2) is 11.5 Å². The topological polar surface area (TPSA) is 80.6 Å². The molecule has 0 atom stereocenters. The van der Waals surface area contributed by atoms with Gasteiger partial charge in [0.2, 0.25) is 0 Å². The first-order valence-electron chi connectivity index (χ1n) is 4.93. The second-order valence-electron chi connectivity index (χ2n) is 3.54. The van der Waals surface area contributed by atoms with Crippen molar-refractivity contribution < 1.29 is 52.0 Å². The maximum absolute atomic E-state index is 10.4. The van der Waals surface area contributed by atoms with Crippen molar-refractivity contribution in [1.82, 2.24) is 4.57 Å². The number of nitrogens with zero attached hydrogens (tertiary/aromatic N) is 1. The Kier molecular flexibility index (Phi) is 5.33. The predicted molar refractivity (Wildman–Crippen MR) is 54.6 cm³/mol. The van der Waals surface area contributed by atoms with Crippen LogP contribution in [0.15, 0.2) is 12.4 Å². The van der Waals surface area contributed by atoms with E-state index < -0.39 is 10.1 Å². The summed E-state index contributed by atoms with van der Waals surface area (Å²) in [5, 5.41) is 0. The molecule has 17 heavy (non-hydrogen) atoms. The Labute approximate surface area is 122 Å². The zero-order valence-electron chi connectivity index (χ0n) is 9.59. The van der Waals surface area contributed by atoms with Gasteiger partial charge in [-0.3, -0.25) is 0 Å². The minimum absolute atomic E-state index is 0. The van der Waals surface area contributed by atoms with Crippen LogP contribution in [0.1, 0.15) is 6.42 Å². The summed E-state index contributed by atoms with van der Waals surface area (Å²) in [5.74, 6) is 0.977. The van der Waals surface area contributed by atoms with E-state index in [2.05, 4.69) is 0 Å². The van der Waals surface area contributed by atoms with Crippen molar-refractivity contribution in [2.24, 2.45) is 0 Å². The van der Waals surface area contributed by atoms with Crippen molar-refractivity contribution in [3.05, 3.63) is 12.4 Å². The SMILES string of the molecule is O=S(=O)([O-])CCCn1cc2c(c1)OCCO2.[Na+]. The van der Waals surface area contributed by atoms with Gasteiger partial charge in [0, 0.05) is 24.7 Å². The Morgan fingerprint density at radius 3 is 2.24 bits per heavy atom. The molecule has 0 amide bonds. The smallest absolute Gasteiger partial charge is 0.748 e. The van der Waals surface area contributed by atoms with Crippen molar-refractivity contribution in [2.75, 3.05) is 19.0 Å². The summed E-state index contributed by atoms with van der Waals surface area (Å²) >= 11 is 0. The first kappa shape index (κ1) is 14.8. The van der Waals surface area contributed by atoms with Gasteiger partial charge >= 0.3 is 29.6 Å². The van der Waals surface area contributed by atoms with E-state index in [9.17, 15) is 13.0 Å². The Bertz CT molecular complexity index is 446. The fraction of sp³-hybridized carbons (Fsp3) is 0.556. The number of hydrogen-bond donors (Lipinski definition) is 0. The predicted octanol–water partition coefficient (Wildman–Crippen LogP) is -2.80. The number of rotatable bonds is 4. The van der Waals surface area contributed by atoms with Crippen LogP contribution in [0.2, 0.25) is 0 Å². The van der Waals surface area contributed by atoms with Gasteiger partial charge in [0.1, 0.15) is 13.2 Å². The summed E-state index contributed by atoms with van der Waals surface area (Å²) in [6.45, 7) is 1.50. The van der Waals surface area contributed by atoms with Crippen LogP contribution in [0.3, 0.4) is 0 Å². The first-order valence-corrected chi connectivity index (χ1v) is 6.51. The molecule has 2 heterocycles. The molecule has 1 aliphatic rings. The van der Waals surface area contributed by atoms with Crippen molar-refractivity contribution in [1.29, 1.82) is 0 Å². The van der Waals surface area contributed by atoms with Crippen LogP contribution in [-0.2, 0) is 16.7 Å². The van der Waals surface area contributed by atoms with Crippen molar-refractivity contribution in [3.8, 4) is 11.5 Å². The maximum atomic E-state index is 10.4. The summed E-state index contributed by atoms with van der Waals surface area (Å²) < 4.78 is 43.6. The molecule has 1 aromatic heterocycles. The molecular weight excluding hydrogens is 257 g/mol. The molecule has 0 unspecified atom stereocenters. The summed E-state index contributed by atoms with van der Waals surface area (Å²) in [5.41, 5.74) is 0. The van der Waals surface area contributed by atoms with Crippen LogP contribution < -0.4 is 39.0 Å². The number of hydrogen-bond acceptors (Lipinski definition) is 5. The van der Waals surface area contributed by atoms with Crippen LogP contribution in [0.5, 0.6) is 11.5 Å². The number of aryl methyl sites for hydroxylation is 1. The van der Waals surface area contributed by atoms with E-state index in [-0.39, 0.29) is 35.3 Å². The van der Waals surface area contributed by atoms with Gasteiger partial charge in [-0.05, 0) is 6.42 Å². The van der Waals surface area contributed by atoms with Gasteiger partial charge in [-0.1, -0.05) is 0 Å². The zero-order valence-corrected chi connectivity index (χ0v) is 12.4. The Hall–Kier alpha value is -0.210. The molecule has 8 heteroatoms. The first-order chi connectivity index (χ1) is 7.54. The molecule has 0 saturated carbocycles. The molecule has 0 radical (unpaired) electrons. The molecule has 0 aromatic carbocycles. The van der Waals surface area contributed by atoms with E-state index in [4.69, 9.17) is 9.47 Å². The van der Waals surface area contributed by atoms with E-state index in [0.717, 1.165) is 0 Å². The summed E-state index contributed by atoms with van der Waals surface area (Å²) in [7, 11) is -4.12. The van der Waals surface area contributed by atoms with Gasteiger partial charge in [-0.2, -0.15) is 0 Å². The van der Waals surface area contributed by atoms with Gasteiger partial charge in [-0.25, -0.2) is 8.42 Å². The fourth-order valence-corrected chi connectivity index (χ4v) is 2.02. The van der Waals surface area contributed by atoms with Crippen molar-refractivity contribution >= 4 is 10.1 Å². The summed E-state index contributed by atoms with van der Waals surface area (Å²) in [6, 6.07) is 0. The fourth-order valence-electron chi connectivity index (χ4n) is 1.54. The maximum Gasteiger partial charge on any atom is 1.00 e. The van der Waals surface area contributed by atoms with E-state index in [0.29, 0.717) is 37.7 Å².